The number of carbonyl (C=O) groups is 2. The fraction of sp³-hybridized carbons (Fsp3) is 0.429. The van der Waals surface area contributed by atoms with Gasteiger partial charge in [0.05, 0.1) is 20.1 Å². The van der Waals surface area contributed by atoms with Crippen molar-refractivity contribution in [2.45, 2.75) is 19.8 Å². The summed E-state index contributed by atoms with van der Waals surface area (Å²) in [5, 5.41) is 5.28. The molecule has 2 amide bonds. The number of hydrogen-bond acceptors (Lipinski definition) is 3. The average Bonchev–Trinajstić information content (AvgIpc) is 2.43. The van der Waals surface area contributed by atoms with Gasteiger partial charge in [0.1, 0.15) is 5.75 Å². The lowest BCUT2D eigenvalue weighted by Gasteiger charge is -2.09. The summed E-state index contributed by atoms with van der Waals surface area (Å²) in [6.07, 6.45) is 1.08. The van der Waals surface area contributed by atoms with E-state index in [0.29, 0.717) is 12.3 Å². The van der Waals surface area contributed by atoms with Crippen LogP contribution in [0.2, 0.25) is 0 Å². The summed E-state index contributed by atoms with van der Waals surface area (Å²) >= 11 is 0. The Kier molecular flexibility index (Phi) is 6.43. The molecule has 0 saturated heterocycles. The maximum atomic E-state index is 11.7. The molecule has 5 nitrogen and oxygen atoms in total. The molecule has 0 aromatic heterocycles. The molecule has 0 unspecified atom stereocenters. The Morgan fingerprint density at radius 3 is 2.58 bits per heavy atom. The standard InChI is InChI=1S/C14H20N2O3/c1-3-8-15-14(18)10-16-13(17)9-11-6-4-5-7-12(11)19-2/h4-7H,3,8-10H2,1-2H3,(H,15,18)(H,16,17). The van der Waals surface area contributed by atoms with Gasteiger partial charge in [-0.15, -0.1) is 0 Å². The Morgan fingerprint density at radius 1 is 1.16 bits per heavy atom. The Morgan fingerprint density at radius 2 is 1.89 bits per heavy atom. The number of carbonyl (C=O) groups excluding carboxylic acids is 2. The van der Waals surface area contributed by atoms with Gasteiger partial charge in [0.25, 0.3) is 0 Å². The average molecular weight is 264 g/mol. The molecule has 104 valence electrons. The van der Waals surface area contributed by atoms with E-state index in [4.69, 9.17) is 4.74 Å². The highest BCUT2D eigenvalue weighted by molar-refractivity contribution is 5.85. The molecule has 0 bridgehead atoms. The molecule has 1 aromatic rings. The largest absolute Gasteiger partial charge is 0.496 e. The zero-order chi connectivity index (χ0) is 14.1. The van der Waals surface area contributed by atoms with Crippen molar-refractivity contribution in [3.05, 3.63) is 29.8 Å². The molecule has 0 spiro atoms. The molecule has 0 radical (unpaired) electrons. The van der Waals surface area contributed by atoms with Gasteiger partial charge in [-0.05, 0) is 12.5 Å². The summed E-state index contributed by atoms with van der Waals surface area (Å²) in [6.45, 7) is 2.61. The van der Waals surface area contributed by atoms with Crippen LogP contribution < -0.4 is 15.4 Å². The van der Waals surface area contributed by atoms with Gasteiger partial charge in [-0.2, -0.15) is 0 Å². The lowest BCUT2D eigenvalue weighted by molar-refractivity contribution is -0.125. The molecular weight excluding hydrogens is 244 g/mol. The molecule has 0 fully saturated rings. The maximum absolute atomic E-state index is 11.7. The van der Waals surface area contributed by atoms with Crippen LogP contribution in [-0.4, -0.2) is 32.0 Å². The number of rotatable bonds is 7. The highest BCUT2D eigenvalue weighted by atomic mass is 16.5. The van der Waals surface area contributed by atoms with Crippen LogP contribution in [0, 0.1) is 0 Å². The SMILES string of the molecule is CCCNC(=O)CNC(=O)Cc1ccccc1OC. The number of amides is 2. The minimum atomic E-state index is -0.198. The van der Waals surface area contributed by atoms with Gasteiger partial charge < -0.3 is 15.4 Å². The zero-order valence-electron chi connectivity index (χ0n) is 11.4. The molecular formula is C14H20N2O3. The second-order valence-corrected chi connectivity index (χ2v) is 4.12. The molecule has 0 aliphatic rings. The summed E-state index contributed by atoms with van der Waals surface area (Å²) in [5.41, 5.74) is 0.802. The van der Waals surface area contributed by atoms with E-state index in [-0.39, 0.29) is 24.8 Å². The Hall–Kier alpha value is -2.04. The molecule has 0 aliphatic heterocycles. The van der Waals surface area contributed by atoms with Gasteiger partial charge in [-0.1, -0.05) is 25.1 Å². The van der Waals surface area contributed by atoms with Crippen molar-refractivity contribution in [2.75, 3.05) is 20.2 Å². The van der Waals surface area contributed by atoms with Crippen molar-refractivity contribution in [2.24, 2.45) is 0 Å². The lowest BCUT2D eigenvalue weighted by atomic mass is 10.1. The second kappa shape index (κ2) is 8.13. The third kappa shape index (κ3) is 5.42. The van der Waals surface area contributed by atoms with E-state index >= 15 is 0 Å². The highest BCUT2D eigenvalue weighted by Crippen LogP contribution is 2.17. The third-order valence-corrected chi connectivity index (χ3v) is 2.56. The first-order chi connectivity index (χ1) is 9.17. The summed E-state index contributed by atoms with van der Waals surface area (Å²) in [6, 6.07) is 7.32. The van der Waals surface area contributed by atoms with Crippen LogP contribution in [0.15, 0.2) is 24.3 Å². The van der Waals surface area contributed by atoms with Crippen LogP contribution in [0.3, 0.4) is 0 Å². The molecule has 5 heteroatoms. The molecule has 0 atom stereocenters. The molecule has 0 aliphatic carbocycles. The summed E-state index contributed by atoms with van der Waals surface area (Å²) < 4.78 is 5.17. The van der Waals surface area contributed by atoms with Gasteiger partial charge in [0.15, 0.2) is 0 Å². The van der Waals surface area contributed by atoms with Gasteiger partial charge in [0, 0.05) is 12.1 Å². The van der Waals surface area contributed by atoms with E-state index in [1.165, 1.54) is 0 Å². The number of methoxy groups -OCH3 is 1. The minimum Gasteiger partial charge on any atom is -0.496 e. The fourth-order valence-electron chi connectivity index (χ4n) is 1.59. The van der Waals surface area contributed by atoms with Crippen molar-refractivity contribution < 1.29 is 14.3 Å². The maximum Gasteiger partial charge on any atom is 0.239 e. The molecule has 0 heterocycles. The third-order valence-electron chi connectivity index (χ3n) is 2.56. The van der Waals surface area contributed by atoms with Crippen LogP contribution in [0.5, 0.6) is 5.75 Å². The number of hydrogen-bond donors (Lipinski definition) is 2. The van der Waals surface area contributed by atoms with E-state index in [2.05, 4.69) is 10.6 Å². The molecule has 1 aromatic carbocycles. The smallest absolute Gasteiger partial charge is 0.239 e. The van der Waals surface area contributed by atoms with E-state index < -0.39 is 0 Å². The molecule has 1 rings (SSSR count). The van der Waals surface area contributed by atoms with Crippen LogP contribution in [-0.2, 0) is 16.0 Å². The van der Waals surface area contributed by atoms with Crippen molar-refractivity contribution in [1.29, 1.82) is 0 Å². The van der Waals surface area contributed by atoms with Crippen LogP contribution >= 0.6 is 0 Å². The minimum absolute atomic E-state index is 0.00792. The van der Waals surface area contributed by atoms with Crippen LogP contribution in [0.1, 0.15) is 18.9 Å². The van der Waals surface area contributed by atoms with Gasteiger partial charge in [-0.3, -0.25) is 9.59 Å². The van der Waals surface area contributed by atoms with Gasteiger partial charge >= 0.3 is 0 Å². The summed E-state index contributed by atoms with van der Waals surface area (Å²) in [7, 11) is 1.56. The predicted octanol–water partition coefficient (Wildman–Crippen LogP) is 0.880. The van der Waals surface area contributed by atoms with Crippen molar-refractivity contribution in [3.8, 4) is 5.75 Å². The first kappa shape index (κ1) is 15.0. The predicted molar refractivity (Wildman–Crippen MR) is 73.0 cm³/mol. The number of ether oxygens (including phenoxy) is 1. The first-order valence-corrected chi connectivity index (χ1v) is 6.32. The summed E-state index contributed by atoms with van der Waals surface area (Å²) in [4.78, 5) is 23.0. The zero-order valence-corrected chi connectivity index (χ0v) is 11.4. The molecule has 0 saturated carbocycles. The van der Waals surface area contributed by atoms with Crippen molar-refractivity contribution in [1.82, 2.24) is 10.6 Å². The molecule has 19 heavy (non-hydrogen) atoms. The van der Waals surface area contributed by atoms with Crippen molar-refractivity contribution in [3.63, 3.8) is 0 Å². The van der Waals surface area contributed by atoms with E-state index in [1.54, 1.807) is 13.2 Å². The lowest BCUT2D eigenvalue weighted by Crippen LogP contribution is -2.37. The van der Waals surface area contributed by atoms with Gasteiger partial charge in [0.2, 0.25) is 11.8 Å². The number of benzene rings is 1. The number of nitrogens with one attached hydrogen (secondary N) is 2. The quantitative estimate of drug-likeness (QED) is 0.768. The summed E-state index contributed by atoms with van der Waals surface area (Å²) in [5.74, 6) is 0.305. The Labute approximate surface area is 113 Å². The Bertz CT molecular complexity index is 432. The number of para-hydroxylation sites is 1. The monoisotopic (exact) mass is 264 g/mol. The first-order valence-electron chi connectivity index (χ1n) is 6.32. The fourth-order valence-corrected chi connectivity index (χ4v) is 1.59. The highest BCUT2D eigenvalue weighted by Gasteiger charge is 2.09. The van der Waals surface area contributed by atoms with E-state index in [0.717, 1.165) is 12.0 Å². The second-order valence-electron chi connectivity index (χ2n) is 4.12. The van der Waals surface area contributed by atoms with E-state index in [1.807, 2.05) is 25.1 Å². The normalized spacial score (nSPS) is 9.79. The van der Waals surface area contributed by atoms with Crippen LogP contribution in [0.4, 0.5) is 0 Å². The van der Waals surface area contributed by atoms with Crippen molar-refractivity contribution >= 4 is 11.8 Å². The molecule has 2 N–H and O–H groups in total. The van der Waals surface area contributed by atoms with Crippen LogP contribution in [0.25, 0.3) is 0 Å². The van der Waals surface area contributed by atoms with E-state index in [9.17, 15) is 9.59 Å². The Balaban J connectivity index is 2.41. The van der Waals surface area contributed by atoms with Gasteiger partial charge in [-0.25, -0.2) is 0 Å². The topological polar surface area (TPSA) is 67.4 Å².